The maximum Gasteiger partial charge on any atom is 0.429 e. The number of terminal acetylenes is 1. The molecule has 0 saturated carbocycles. The molecule has 1 aliphatic rings. The zero-order chi connectivity index (χ0) is 17.1. The molecular formula is C18H19N3O3. The molecule has 0 unspecified atom stereocenters. The van der Waals surface area contributed by atoms with Crippen LogP contribution in [0.1, 0.15) is 17.7 Å². The third-order valence-electron chi connectivity index (χ3n) is 4.16. The van der Waals surface area contributed by atoms with E-state index in [1.807, 2.05) is 31.2 Å². The third kappa shape index (κ3) is 2.93. The number of para-hydroxylation sites is 1. The van der Waals surface area contributed by atoms with Crippen LogP contribution >= 0.6 is 0 Å². The first kappa shape index (κ1) is 15.9. The Balaban J connectivity index is 1.77. The Morgan fingerprint density at radius 2 is 2.04 bits per heavy atom. The van der Waals surface area contributed by atoms with Crippen LogP contribution in [0.25, 0.3) is 10.9 Å². The van der Waals surface area contributed by atoms with Crippen LogP contribution in [0.3, 0.4) is 0 Å². The topological polar surface area (TPSA) is 65.6 Å². The lowest BCUT2D eigenvalue weighted by Crippen LogP contribution is -2.45. The van der Waals surface area contributed by atoms with E-state index < -0.39 is 6.09 Å². The second-order valence-electron chi connectivity index (χ2n) is 5.70. The number of hydrogen-bond acceptors (Lipinski definition) is 3. The molecule has 2 heterocycles. The second kappa shape index (κ2) is 6.67. The molecule has 1 fully saturated rings. The standard InChI is InChI=1S/C18H19N3O3/c1-3-11-24-18(23)21-10-6-9-20(21)17(22)12-15-13(2)19-16-8-5-4-7-14(15)16/h1,4-5,7-8,19H,6,9-12H2,2H3. The highest BCUT2D eigenvalue weighted by molar-refractivity contribution is 5.90. The number of aromatic amines is 1. The maximum absolute atomic E-state index is 12.7. The highest BCUT2D eigenvalue weighted by atomic mass is 16.6. The van der Waals surface area contributed by atoms with E-state index >= 15 is 0 Å². The van der Waals surface area contributed by atoms with Crippen LogP contribution in [0.15, 0.2) is 24.3 Å². The Kier molecular flexibility index (Phi) is 4.43. The van der Waals surface area contributed by atoms with Gasteiger partial charge in [-0.3, -0.25) is 4.79 Å². The molecule has 0 atom stereocenters. The van der Waals surface area contributed by atoms with Crippen molar-refractivity contribution in [2.45, 2.75) is 19.8 Å². The molecule has 6 heteroatoms. The highest BCUT2D eigenvalue weighted by Gasteiger charge is 2.32. The lowest BCUT2D eigenvalue weighted by molar-refractivity contribution is -0.140. The molecule has 0 spiro atoms. The van der Waals surface area contributed by atoms with Gasteiger partial charge in [0.1, 0.15) is 0 Å². The molecule has 6 nitrogen and oxygen atoms in total. The summed E-state index contributed by atoms with van der Waals surface area (Å²) in [5, 5.41) is 3.83. The smallest absolute Gasteiger partial charge is 0.429 e. The number of benzene rings is 1. The molecule has 2 amide bonds. The average molecular weight is 325 g/mol. The summed E-state index contributed by atoms with van der Waals surface area (Å²) in [6.07, 6.45) is 5.48. The zero-order valence-corrected chi connectivity index (χ0v) is 13.5. The van der Waals surface area contributed by atoms with Crippen molar-refractivity contribution in [1.82, 2.24) is 15.0 Å². The van der Waals surface area contributed by atoms with E-state index in [4.69, 9.17) is 11.2 Å². The minimum atomic E-state index is -0.575. The van der Waals surface area contributed by atoms with Gasteiger partial charge in [0.25, 0.3) is 0 Å². The molecule has 1 aromatic carbocycles. The van der Waals surface area contributed by atoms with E-state index in [-0.39, 0.29) is 18.9 Å². The maximum atomic E-state index is 12.7. The highest BCUT2D eigenvalue weighted by Crippen LogP contribution is 2.24. The first-order chi connectivity index (χ1) is 11.6. The number of amides is 2. The van der Waals surface area contributed by atoms with Crippen LogP contribution in [-0.2, 0) is 16.0 Å². The van der Waals surface area contributed by atoms with E-state index in [0.29, 0.717) is 13.1 Å². The van der Waals surface area contributed by atoms with Gasteiger partial charge in [0.15, 0.2) is 6.61 Å². The van der Waals surface area contributed by atoms with Gasteiger partial charge in [-0.15, -0.1) is 6.42 Å². The summed E-state index contributed by atoms with van der Waals surface area (Å²) in [6, 6.07) is 7.87. The van der Waals surface area contributed by atoms with Gasteiger partial charge in [-0.1, -0.05) is 24.1 Å². The predicted octanol–water partition coefficient (Wildman–Crippen LogP) is 2.24. The Morgan fingerprint density at radius 3 is 2.83 bits per heavy atom. The number of hydrazine groups is 1. The van der Waals surface area contributed by atoms with Gasteiger partial charge in [0, 0.05) is 29.7 Å². The Morgan fingerprint density at radius 1 is 1.29 bits per heavy atom. The summed E-state index contributed by atoms with van der Waals surface area (Å²) in [7, 11) is 0. The van der Waals surface area contributed by atoms with Crippen LogP contribution < -0.4 is 0 Å². The molecule has 1 aromatic heterocycles. The fraction of sp³-hybridized carbons (Fsp3) is 0.333. The normalized spacial score (nSPS) is 14.0. The molecular weight excluding hydrogens is 306 g/mol. The fourth-order valence-corrected chi connectivity index (χ4v) is 3.04. The molecule has 0 bridgehead atoms. The summed E-state index contributed by atoms with van der Waals surface area (Å²) in [5.41, 5.74) is 2.93. The van der Waals surface area contributed by atoms with Crippen molar-refractivity contribution in [2.75, 3.05) is 19.7 Å². The zero-order valence-electron chi connectivity index (χ0n) is 13.5. The number of aryl methyl sites for hydroxylation is 1. The van der Waals surface area contributed by atoms with E-state index in [9.17, 15) is 9.59 Å². The minimum Gasteiger partial charge on any atom is -0.435 e. The number of carbonyl (C=O) groups is 2. The number of nitrogens with zero attached hydrogens (tertiary/aromatic N) is 2. The van der Waals surface area contributed by atoms with Gasteiger partial charge in [-0.2, -0.15) is 0 Å². The van der Waals surface area contributed by atoms with Gasteiger partial charge >= 0.3 is 6.09 Å². The summed E-state index contributed by atoms with van der Waals surface area (Å²) in [5.74, 6) is 2.13. The Labute approximate surface area is 140 Å². The van der Waals surface area contributed by atoms with Gasteiger partial charge in [-0.05, 0) is 25.0 Å². The van der Waals surface area contributed by atoms with Gasteiger partial charge in [0.05, 0.1) is 6.42 Å². The molecule has 1 N–H and O–H groups in total. The van der Waals surface area contributed by atoms with E-state index in [0.717, 1.165) is 28.6 Å². The van der Waals surface area contributed by atoms with Crippen LogP contribution in [0.5, 0.6) is 0 Å². The lowest BCUT2D eigenvalue weighted by Gasteiger charge is -2.26. The number of H-pyrrole nitrogens is 1. The quantitative estimate of drug-likeness (QED) is 0.880. The Hall–Kier alpha value is -2.94. The van der Waals surface area contributed by atoms with Crippen molar-refractivity contribution in [2.24, 2.45) is 0 Å². The van der Waals surface area contributed by atoms with Crippen LogP contribution in [0.4, 0.5) is 4.79 Å². The number of fused-ring (bicyclic) bond motifs is 1. The minimum absolute atomic E-state index is 0.0983. The number of aromatic nitrogens is 1. The van der Waals surface area contributed by atoms with Crippen molar-refractivity contribution >= 4 is 22.9 Å². The third-order valence-corrected chi connectivity index (χ3v) is 4.16. The monoisotopic (exact) mass is 325 g/mol. The largest absolute Gasteiger partial charge is 0.435 e. The summed E-state index contributed by atoms with van der Waals surface area (Å²) in [6.45, 7) is 2.82. The van der Waals surface area contributed by atoms with Crippen LogP contribution in [0, 0.1) is 19.3 Å². The number of ether oxygens (including phenoxy) is 1. The van der Waals surface area contributed by atoms with E-state index in [2.05, 4.69) is 10.9 Å². The van der Waals surface area contributed by atoms with Crippen molar-refractivity contribution in [1.29, 1.82) is 0 Å². The van der Waals surface area contributed by atoms with Gasteiger partial charge in [-0.25, -0.2) is 14.8 Å². The second-order valence-corrected chi connectivity index (χ2v) is 5.70. The van der Waals surface area contributed by atoms with Crippen LogP contribution in [-0.4, -0.2) is 46.7 Å². The first-order valence-corrected chi connectivity index (χ1v) is 7.86. The predicted molar refractivity (Wildman–Crippen MR) is 90.0 cm³/mol. The fourth-order valence-electron chi connectivity index (χ4n) is 3.04. The molecule has 124 valence electrons. The number of nitrogens with one attached hydrogen (secondary N) is 1. The van der Waals surface area contributed by atoms with Crippen molar-refractivity contribution in [3.8, 4) is 12.3 Å². The lowest BCUT2D eigenvalue weighted by atomic mass is 10.1. The molecule has 3 rings (SSSR count). The molecule has 24 heavy (non-hydrogen) atoms. The van der Waals surface area contributed by atoms with Crippen molar-refractivity contribution in [3.63, 3.8) is 0 Å². The van der Waals surface area contributed by atoms with Gasteiger partial charge in [0.2, 0.25) is 5.91 Å². The van der Waals surface area contributed by atoms with Crippen molar-refractivity contribution in [3.05, 3.63) is 35.5 Å². The summed E-state index contributed by atoms with van der Waals surface area (Å²) in [4.78, 5) is 28.0. The number of rotatable bonds is 3. The molecule has 0 radical (unpaired) electrons. The Bertz CT molecular complexity index is 819. The van der Waals surface area contributed by atoms with Crippen LogP contribution in [0.2, 0.25) is 0 Å². The van der Waals surface area contributed by atoms with Gasteiger partial charge < -0.3 is 9.72 Å². The molecule has 0 aliphatic carbocycles. The molecule has 1 aliphatic heterocycles. The number of carbonyl (C=O) groups excluding carboxylic acids is 2. The molecule has 2 aromatic rings. The van der Waals surface area contributed by atoms with E-state index in [1.165, 1.54) is 10.0 Å². The van der Waals surface area contributed by atoms with Crippen molar-refractivity contribution < 1.29 is 14.3 Å². The first-order valence-electron chi connectivity index (χ1n) is 7.86. The number of hydrogen-bond donors (Lipinski definition) is 1. The summed E-state index contributed by atoms with van der Waals surface area (Å²) >= 11 is 0. The average Bonchev–Trinajstić information content (AvgIpc) is 3.18. The SMILES string of the molecule is C#CCOC(=O)N1CCCN1C(=O)Cc1c(C)[nH]c2ccccc12. The molecule has 1 saturated heterocycles. The summed E-state index contributed by atoms with van der Waals surface area (Å²) < 4.78 is 4.94. The van der Waals surface area contributed by atoms with E-state index in [1.54, 1.807) is 0 Å².